The minimum Gasteiger partial charge on any atom is -0.506 e. The van der Waals surface area contributed by atoms with E-state index in [9.17, 15) is 9.90 Å². The van der Waals surface area contributed by atoms with E-state index in [1.807, 2.05) is 6.92 Å². The van der Waals surface area contributed by atoms with E-state index in [0.29, 0.717) is 17.7 Å². The lowest BCUT2D eigenvalue weighted by Crippen LogP contribution is -2.29. The van der Waals surface area contributed by atoms with Gasteiger partial charge in [0.15, 0.2) is 0 Å². The maximum atomic E-state index is 11.1. The number of aliphatic carboxylic acids is 1. The van der Waals surface area contributed by atoms with E-state index in [-0.39, 0.29) is 11.8 Å². The summed E-state index contributed by atoms with van der Waals surface area (Å²) in [5.41, 5.74) is 1.23. The highest BCUT2D eigenvalue weighted by atomic mass is 16.4. The summed E-state index contributed by atoms with van der Waals surface area (Å²) in [5, 5.41) is 21.8. The highest BCUT2D eigenvalue weighted by Gasteiger charge is 2.30. The number of hydrogen-bond acceptors (Lipinski definition) is 3. The van der Waals surface area contributed by atoms with Crippen molar-refractivity contribution in [2.75, 3.05) is 5.32 Å². The number of phenolic OH excluding ortho intramolecular Hbond substituents is 1. The van der Waals surface area contributed by atoms with Crippen LogP contribution in [-0.4, -0.2) is 22.2 Å². The summed E-state index contributed by atoms with van der Waals surface area (Å²) in [6.07, 6.45) is 0.547. The Labute approximate surface area is 87.6 Å². The summed E-state index contributed by atoms with van der Waals surface area (Å²) >= 11 is 0. The molecule has 0 bridgehead atoms. The summed E-state index contributed by atoms with van der Waals surface area (Å²) in [7, 11) is 0. The molecule has 0 amide bonds. The first-order valence-electron chi connectivity index (χ1n) is 4.91. The molecule has 1 aromatic carbocycles. The molecule has 0 saturated carbocycles. The third-order valence-corrected chi connectivity index (χ3v) is 2.73. The normalized spacial score (nSPS) is 24.1. The first-order valence-corrected chi connectivity index (χ1v) is 4.91. The zero-order valence-electron chi connectivity index (χ0n) is 8.40. The van der Waals surface area contributed by atoms with Gasteiger partial charge in [-0.15, -0.1) is 0 Å². The molecule has 1 heterocycles. The Morgan fingerprint density at radius 1 is 1.53 bits per heavy atom. The highest BCUT2D eigenvalue weighted by Crippen LogP contribution is 2.39. The van der Waals surface area contributed by atoms with E-state index in [0.717, 1.165) is 0 Å². The lowest BCUT2D eigenvalue weighted by atomic mass is 9.87. The predicted molar refractivity (Wildman–Crippen MR) is 56.2 cm³/mol. The third kappa shape index (κ3) is 1.63. The average molecular weight is 207 g/mol. The van der Waals surface area contributed by atoms with Crippen molar-refractivity contribution in [1.82, 2.24) is 0 Å². The van der Waals surface area contributed by atoms with Crippen molar-refractivity contribution in [3.8, 4) is 5.75 Å². The summed E-state index contributed by atoms with van der Waals surface area (Å²) < 4.78 is 0. The number of carboxylic acid groups (broad SMARTS) is 1. The molecule has 0 radical (unpaired) electrons. The van der Waals surface area contributed by atoms with Crippen LogP contribution in [0.1, 0.15) is 24.8 Å². The molecule has 0 aromatic heterocycles. The van der Waals surface area contributed by atoms with Crippen molar-refractivity contribution in [3.63, 3.8) is 0 Å². The fourth-order valence-electron chi connectivity index (χ4n) is 2.02. The first kappa shape index (κ1) is 9.83. The third-order valence-electron chi connectivity index (χ3n) is 2.73. The van der Waals surface area contributed by atoms with Gasteiger partial charge in [-0.25, -0.2) is 0 Å². The van der Waals surface area contributed by atoms with Gasteiger partial charge in [0.25, 0.3) is 0 Å². The number of anilines is 1. The van der Waals surface area contributed by atoms with Crippen molar-refractivity contribution in [2.24, 2.45) is 0 Å². The second-order valence-electron chi connectivity index (χ2n) is 3.91. The lowest BCUT2D eigenvalue weighted by molar-refractivity contribution is -0.139. The Morgan fingerprint density at radius 2 is 2.27 bits per heavy atom. The van der Waals surface area contributed by atoms with E-state index in [4.69, 9.17) is 5.11 Å². The maximum Gasteiger partial charge on any atom is 0.311 e. The van der Waals surface area contributed by atoms with Gasteiger partial charge in [-0.1, -0.05) is 12.1 Å². The quantitative estimate of drug-likeness (QED) is 0.614. The van der Waals surface area contributed by atoms with Crippen LogP contribution < -0.4 is 5.32 Å². The van der Waals surface area contributed by atoms with E-state index in [2.05, 4.69) is 5.32 Å². The second kappa shape index (κ2) is 3.46. The molecule has 0 fully saturated rings. The van der Waals surface area contributed by atoms with Crippen LogP contribution >= 0.6 is 0 Å². The van der Waals surface area contributed by atoms with Crippen molar-refractivity contribution < 1.29 is 15.0 Å². The van der Waals surface area contributed by atoms with E-state index in [1.165, 1.54) is 0 Å². The standard InChI is InChI=1S/C11H13NO3/c1-6-5-8(11(14)15)7-3-2-4-9(13)10(7)12-6/h2-4,6,8,12-13H,5H2,1H3,(H,14,15). The minimum atomic E-state index is -0.838. The van der Waals surface area contributed by atoms with Crippen LogP contribution in [-0.2, 0) is 4.79 Å². The monoisotopic (exact) mass is 207 g/mol. The summed E-state index contributed by atoms with van der Waals surface area (Å²) in [5.74, 6) is -1.25. The number of hydrogen-bond donors (Lipinski definition) is 3. The molecule has 1 aliphatic rings. The largest absolute Gasteiger partial charge is 0.506 e. The Kier molecular flexibility index (Phi) is 2.26. The number of carbonyl (C=O) groups is 1. The molecule has 2 atom stereocenters. The number of carboxylic acids is 1. The van der Waals surface area contributed by atoms with Crippen LogP contribution in [0.3, 0.4) is 0 Å². The second-order valence-corrected chi connectivity index (χ2v) is 3.91. The van der Waals surface area contributed by atoms with Crippen LogP contribution in [0.25, 0.3) is 0 Å². The molecule has 2 unspecified atom stereocenters. The SMILES string of the molecule is CC1CC(C(=O)O)c2cccc(O)c2N1. The molecule has 4 heteroatoms. The number of aromatic hydroxyl groups is 1. The van der Waals surface area contributed by atoms with Crippen molar-refractivity contribution in [1.29, 1.82) is 0 Å². The molecule has 80 valence electrons. The van der Waals surface area contributed by atoms with E-state index >= 15 is 0 Å². The molecular weight excluding hydrogens is 194 g/mol. The average Bonchev–Trinajstić information content (AvgIpc) is 2.18. The molecule has 0 spiro atoms. The molecule has 4 nitrogen and oxygen atoms in total. The van der Waals surface area contributed by atoms with E-state index in [1.54, 1.807) is 18.2 Å². The minimum absolute atomic E-state index is 0.0619. The van der Waals surface area contributed by atoms with Crippen LogP contribution in [0.15, 0.2) is 18.2 Å². The van der Waals surface area contributed by atoms with Gasteiger partial charge in [0, 0.05) is 6.04 Å². The molecule has 1 aliphatic heterocycles. The fraction of sp³-hybridized carbons (Fsp3) is 0.364. The van der Waals surface area contributed by atoms with Crippen molar-refractivity contribution >= 4 is 11.7 Å². The molecule has 1 aromatic rings. The van der Waals surface area contributed by atoms with Crippen LogP contribution in [0, 0.1) is 0 Å². The smallest absolute Gasteiger partial charge is 0.311 e. The highest BCUT2D eigenvalue weighted by molar-refractivity contribution is 5.81. The fourth-order valence-corrected chi connectivity index (χ4v) is 2.02. The predicted octanol–water partition coefficient (Wildman–Crippen LogP) is 1.76. The van der Waals surface area contributed by atoms with Gasteiger partial charge < -0.3 is 15.5 Å². The number of fused-ring (bicyclic) bond motifs is 1. The van der Waals surface area contributed by atoms with Crippen LogP contribution in [0.5, 0.6) is 5.75 Å². The van der Waals surface area contributed by atoms with Gasteiger partial charge in [-0.3, -0.25) is 4.79 Å². The Morgan fingerprint density at radius 3 is 2.93 bits per heavy atom. The first-order chi connectivity index (χ1) is 7.09. The van der Waals surface area contributed by atoms with Gasteiger partial charge in [0.05, 0.1) is 11.6 Å². The van der Waals surface area contributed by atoms with Crippen LogP contribution in [0.2, 0.25) is 0 Å². The Hall–Kier alpha value is -1.71. The molecule has 0 saturated heterocycles. The summed E-state index contributed by atoms with van der Waals surface area (Å²) in [4.78, 5) is 11.1. The van der Waals surface area contributed by atoms with E-state index < -0.39 is 11.9 Å². The van der Waals surface area contributed by atoms with Gasteiger partial charge >= 0.3 is 5.97 Å². The molecule has 15 heavy (non-hydrogen) atoms. The Bertz CT molecular complexity index is 403. The number of nitrogens with one attached hydrogen (secondary N) is 1. The molecule has 3 N–H and O–H groups in total. The number of para-hydroxylation sites is 1. The molecule has 2 rings (SSSR count). The maximum absolute atomic E-state index is 11.1. The van der Waals surface area contributed by atoms with Gasteiger partial charge in [-0.2, -0.15) is 0 Å². The summed E-state index contributed by atoms with van der Waals surface area (Å²) in [6.45, 7) is 1.91. The molecule has 0 aliphatic carbocycles. The Balaban J connectivity index is 2.51. The van der Waals surface area contributed by atoms with Gasteiger partial charge in [0.1, 0.15) is 5.75 Å². The zero-order chi connectivity index (χ0) is 11.0. The number of rotatable bonds is 1. The number of phenols is 1. The lowest BCUT2D eigenvalue weighted by Gasteiger charge is -2.29. The molecular formula is C11H13NO3. The van der Waals surface area contributed by atoms with Gasteiger partial charge in [-0.05, 0) is 25.0 Å². The van der Waals surface area contributed by atoms with Crippen molar-refractivity contribution in [3.05, 3.63) is 23.8 Å². The summed E-state index contributed by atoms with van der Waals surface area (Å²) in [6, 6.07) is 5.03. The zero-order valence-corrected chi connectivity index (χ0v) is 8.40. The van der Waals surface area contributed by atoms with Crippen molar-refractivity contribution in [2.45, 2.75) is 25.3 Å². The van der Waals surface area contributed by atoms with Gasteiger partial charge in [0.2, 0.25) is 0 Å². The topological polar surface area (TPSA) is 69.6 Å². The van der Waals surface area contributed by atoms with Crippen LogP contribution in [0.4, 0.5) is 5.69 Å². The number of benzene rings is 1.